The van der Waals surface area contributed by atoms with E-state index in [0.717, 1.165) is 29.7 Å². The van der Waals surface area contributed by atoms with Gasteiger partial charge in [-0.3, -0.25) is 4.79 Å². The number of nitrogens with zero attached hydrogens (tertiary/aromatic N) is 2. The minimum absolute atomic E-state index is 0.112. The van der Waals surface area contributed by atoms with Crippen molar-refractivity contribution in [3.05, 3.63) is 30.1 Å². The molecule has 3 rings (SSSR count). The Morgan fingerprint density at radius 1 is 1.32 bits per heavy atom. The summed E-state index contributed by atoms with van der Waals surface area (Å²) >= 11 is 0. The molecule has 1 aliphatic rings. The lowest BCUT2D eigenvalue weighted by atomic mass is 9.65. The first kappa shape index (κ1) is 15.1. The third-order valence-electron chi connectivity index (χ3n) is 6.00. The third-order valence-corrected chi connectivity index (χ3v) is 6.00. The monoisotopic (exact) mass is 300 g/mol. The van der Waals surface area contributed by atoms with Crippen LogP contribution in [0.3, 0.4) is 0 Å². The number of para-hydroxylation sites is 2. The highest BCUT2D eigenvalue weighted by molar-refractivity contribution is 5.79. The molecular formula is C18H24N2O2. The molecule has 0 spiro atoms. The Hall–Kier alpha value is -1.84. The summed E-state index contributed by atoms with van der Waals surface area (Å²) in [6, 6.07) is 8.18. The molecule has 0 N–H and O–H groups in total. The summed E-state index contributed by atoms with van der Waals surface area (Å²) in [5.74, 6) is 1.20. The summed E-state index contributed by atoms with van der Waals surface area (Å²) in [6.45, 7) is 6.36. The van der Waals surface area contributed by atoms with Gasteiger partial charge in [0.2, 0.25) is 0 Å². The Bertz CT molecular complexity index is 732. The van der Waals surface area contributed by atoms with E-state index in [9.17, 15) is 4.79 Å². The number of ether oxygens (including phenoxy) is 1. The molecule has 4 heteroatoms. The lowest BCUT2D eigenvalue weighted by molar-refractivity contribution is -0.157. The van der Waals surface area contributed by atoms with Gasteiger partial charge < -0.3 is 9.30 Å². The standard InChI is InChI=1S/C18H24N2O2/c1-17(2)12(10-11-18(17,3)16(21)22-5)15-19-13-8-6-7-9-14(13)20(15)4/h6-9,12H,10-11H2,1-5H3/t12-,18+/m0/s1. The Kier molecular flexibility index (Phi) is 3.31. The Morgan fingerprint density at radius 3 is 2.64 bits per heavy atom. The number of rotatable bonds is 2. The second-order valence-corrected chi connectivity index (χ2v) is 7.15. The second kappa shape index (κ2) is 4.83. The molecule has 4 nitrogen and oxygen atoms in total. The molecule has 0 bridgehead atoms. The van der Waals surface area contributed by atoms with E-state index in [1.807, 2.05) is 25.1 Å². The van der Waals surface area contributed by atoms with Crippen molar-refractivity contribution >= 4 is 17.0 Å². The third kappa shape index (κ3) is 1.82. The molecule has 1 saturated carbocycles. The Labute approximate surface area is 131 Å². The molecular weight excluding hydrogens is 276 g/mol. The number of hydrogen-bond donors (Lipinski definition) is 0. The fourth-order valence-corrected chi connectivity index (χ4v) is 4.02. The summed E-state index contributed by atoms with van der Waals surface area (Å²) in [6.07, 6.45) is 1.79. The molecule has 0 unspecified atom stereocenters. The summed E-state index contributed by atoms with van der Waals surface area (Å²) < 4.78 is 7.25. The topological polar surface area (TPSA) is 44.1 Å². The zero-order chi connectivity index (χ0) is 16.1. The highest BCUT2D eigenvalue weighted by Crippen LogP contribution is 2.60. The molecule has 0 saturated heterocycles. The zero-order valence-corrected chi connectivity index (χ0v) is 14.0. The van der Waals surface area contributed by atoms with E-state index in [-0.39, 0.29) is 17.3 Å². The van der Waals surface area contributed by atoms with Crippen molar-refractivity contribution in [2.45, 2.75) is 39.5 Å². The maximum atomic E-state index is 12.3. The van der Waals surface area contributed by atoms with Crippen LogP contribution in [0.2, 0.25) is 0 Å². The van der Waals surface area contributed by atoms with Crippen molar-refractivity contribution in [1.82, 2.24) is 9.55 Å². The van der Waals surface area contributed by atoms with Gasteiger partial charge in [0, 0.05) is 13.0 Å². The van der Waals surface area contributed by atoms with Gasteiger partial charge in [-0.15, -0.1) is 0 Å². The minimum atomic E-state index is -0.468. The molecule has 0 amide bonds. The van der Waals surface area contributed by atoms with Crippen LogP contribution in [0.1, 0.15) is 45.4 Å². The van der Waals surface area contributed by atoms with Crippen LogP contribution in [-0.2, 0) is 16.6 Å². The van der Waals surface area contributed by atoms with Gasteiger partial charge in [0.15, 0.2) is 0 Å². The number of methoxy groups -OCH3 is 1. The quantitative estimate of drug-likeness (QED) is 0.795. The van der Waals surface area contributed by atoms with Gasteiger partial charge in [-0.05, 0) is 37.3 Å². The maximum absolute atomic E-state index is 12.3. The van der Waals surface area contributed by atoms with Gasteiger partial charge in [0.25, 0.3) is 0 Å². The Morgan fingerprint density at radius 2 is 2.00 bits per heavy atom. The molecule has 2 atom stereocenters. The number of carbonyl (C=O) groups is 1. The van der Waals surface area contributed by atoms with Crippen molar-refractivity contribution in [3.8, 4) is 0 Å². The van der Waals surface area contributed by atoms with Crippen LogP contribution in [-0.4, -0.2) is 22.6 Å². The van der Waals surface area contributed by atoms with Crippen molar-refractivity contribution in [3.63, 3.8) is 0 Å². The van der Waals surface area contributed by atoms with Crippen LogP contribution in [0.25, 0.3) is 11.0 Å². The van der Waals surface area contributed by atoms with E-state index in [1.54, 1.807) is 0 Å². The number of aryl methyl sites for hydroxylation is 1. The van der Waals surface area contributed by atoms with Crippen molar-refractivity contribution in [2.24, 2.45) is 17.9 Å². The number of hydrogen-bond acceptors (Lipinski definition) is 3. The lowest BCUT2D eigenvalue weighted by Crippen LogP contribution is -2.41. The first-order chi connectivity index (χ1) is 10.3. The predicted molar refractivity (Wildman–Crippen MR) is 86.6 cm³/mol. The summed E-state index contributed by atoms with van der Waals surface area (Å²) in [5.41, 5.74) is 1.49. The van der Waals surface area contributed by atoms with E-state index in [1.165, 1.54) is 7.11 Å². The first-order valence-electron chi connectivity index (χ1n) is 7.82. The van der Waals surface area contributed by atoms with Gasteiger partial charge in [0.1, 0.15) is 5.82 Å². The molecule has 1 fully saturated rings. The zero-order valence-electron chi connectivity index (χ0n) is 14.0. The van der Waals surface area contributed by atoms with Crippen LogP contribution in [0, 0.1) is 10.8 Å². The summed E-state index contributed by atoms with van der Waals surface area (Å²) in [7, 11) is 3.54. The number of imidazole rings is 1. The fourth-order valence-electron chi connectivity index (χ4n) is 4.02. The largest absolute Gasteiger partial charge is 0.469 e. The Balaban J connectivity index is 2.09. The predicted octanol–water partition coefficient (Wildman–Crippen LogP) is 3.66. The molecule has 2 aromatic rings. The molecule has 0 aliphatic heterocycles. The molecule has 0 radical (unpaired) electrons. The normalized spacial score (nSPS) is 27.2. The first-order valence-corrected chi connectivity index (χ1v) is 7.82. The summed E-state index contributed by atoms with van der Waals surface area (Å²) in [4.78, 5) is 17.2. The second-order valence-electron chi connectivity index (χ2n) is 7.15. The van der Waals surface area contributed by atoms with E-state index in [2.05, 4.69) is 31.5 Å². The van der Waals surface area contributed by atoms with E-state index >= 15 is 0 Å². The van der Waals surface area contributed by atoms with Crippen molar-refractivity contribution in [1.29, 1.82) is 0 Å². The lowest BCUT2D eigenvalue weighted by Gasteiger charge is -2.39. The van der Waals surface area contributed by atoms with Crippen LogP contribution < -0.4 is 0 Å². The maximum Gasteiger partial charge on any atom is 0.312 e. The molecule has 22 heavy (non-hydrogen) atoms. The van der Waals surface area contributed by atoms with Crippen LogP contribution in [0.5, 0.6) is 0 Å². The number of fused-ring (bicyclic) bond motifs is 1. The van der Waals surface area contributed by atoms with Gasteiger partial charge >= 0.3 is 5.97 Å². The van der Waals surface area contributed by atoms with E-state index in [0.29, 0.717) is 0 Å². The van der Waals surface area contributed by atoms with Crippen molar-refractivity contribution in [2.75, 3.05) is 7.11 Å². The van der Waals surface area contributed by atoms with Gasteiger partial charge in [0.05, 0.1) is 23.6 Å². The van der Waals surface area contributed by atoms with Gasteiger partial charge in [-0.1, -0.05) is 26.0 Å². The average molecular weight is 300 g/mol. The molecule has 1 aliphatic carbocycles. The molecule has 1 aromatic heterocycles. The number of carbonyl (C=O) groups excluding carboxylic acids is 1. The summed E-state index contributed by atoms with van der Waals surface area (Å²) in [5, 5.41) is 0. The molecule has 1 aromatic carbocycles. The van der Waals surface area contributed by atoms with E-state index < -0.39 is 5.41 Å². The van der Waals surface area contributed by atoms with Gasteiger partial charge in [-0.25, -0.2) is 4.98 Å². The molecule has 1 heterocycles. The smallest absolute Gasteiger partial charge is 0.312 e. The SMILES string of the molecule is COC(=O)[C@@]1(C)CC[C@@H](c2nc3ccccc3n2C)C1(C)C. The molecule has 118 valence electrons. The van der Waals surface area contributed by atoms with E-state index in [4.69, 9.17) is 9.72 Å². The minimum Gasteiger partial charge on any atom is -0.469 e. The number of benzene rings is 1. The van der Waals surface area contributed by atoms with Crippen molar-refractivity contribution < 1.29 is 9.53 Å². The van der Waals surface area contributed by atoms with Crippen LogP contribution >= 0.6 is 0 Å². The number of aromatic nitrogens is 2. The van der Waals surface area contributed by atoms with Crippen LogP contribution in [0.4, 0.5) is 0 Å². The number of esters is 1. The van der Waals surface area contributed by atoms with Gasteiger partial charge in [-0.2, -0.15) is 0 Å². The highest BCUT2D eigenvalue weighted by atomic mass is 16.5. The fraction of sp³-hybridized carbons (Fsp3) is 0.556. The average Bonchev–Trinajstić information content (AvgIpc) is 2.95. The highest BCUT2D eigenvalue weighted by Gasteiger charge is 2.58. The van der Waals surface area contributed by atoms with Crippen LogP contribution in [0.15, 0.2) is 24.3 Å².